The zero-order valence-electron chi connectivity index (χ0n) is 13.9. The van der Waals surface area contributed by atoms with Crippen LogP contribution in [-0.2, 0) is 6.42 Å². The van der Waals surface area contributed by atoms with Crippen LogP contribution >= 0.6 is 0 Å². The Hall–Kier alpha value is -3.21. The van der Waals surface area contributed by atoms with Crippen molar-refractivity contribution in [1.82, 2.24) is 10.2 Å². The van der Waals surface area contributed by atoms with Gasteiger partial charge in [-0.05, 0) is 49.2 Å². The number of fused-ring (bicyclic) bond motifs is 1. The van der Waals surface area contributed by atoms with Gasteiger partial charge in [-0.1, -0.05) is 36.4 Å². The van der Waals surface area contributed by atoms with Crippen LogP contribution in [0.1, 0.15) is 23.0 Å². The minimum Gasteiger partial charge on any atom is -0.321 e. The van der Waals surface area contributed by atoms with Crippen LogP contribution in [-0.4, -0.2) is 22.1 Å². The lowest BCUT2D eigenvalue weighted by Gasteiger charge is -2.23. The Morgan fingerprint density at radius 1 is 1.00 bits per heavy atom. The Morgan fingerprint density at radius 3 is 2.52 bits per heavy atom. The zero-order valence-corrected chi connectivity index (χ0v) is 13.9. The molecule has 1 unspecified atom stereocenters. The van der Waals surface area contributed by atoms with Crippen LogP contribution in [0.5, 0.6) is 0 Å². The molecule has 0 radical (unpaired) electrons. The van der Waals surface area contributed by atoms with Gasteiger partial charge in [0.1, 0.15) is 0 Å². The van der Waals surface area contributed by atoms with Gasteiger partial charge in [0.05, 0.1) is 0 Å². The van der Waals surface area contributed by atoms with Crippen LogP contribution < -0.4 is 10.2 Å². The summed E-state index contributed by atoms with van der Waals surface area (Å²) in [5.74, 6) is 0.494. The molecule has 1 amide bonds. The summed E-state index contributed by atoms with van der Waals surface area (Å²) < 4.78 is 0. The van der Waals surface area contributed by atoms with Gasteiger partial charge in [-0.3, -0.25) is 4.79 Å². The zero-order chi connectivity index (χ0) is 17.2. The Labute approximate surface area is 146 Å². The highest BCUT2D eigenvalue weighted by molar-refractivity contribution is 6.02. The molecule has 5 heteroatoms. The number of nitrogens with zero attached hydrogens (tertiary/aromatic N) is 3. The molecule has 1 aromatic heterocycles. The second-order valence-electron chi connectivity index (χ2n) is 6.15. The van der Waals surface area contributed by atoms with E-state index in [0.717, 1.165) is 23.6 Å². The summed E-state index contributed by atoms with van der Waals surface area (Å²) in [6.07, 6.45) is 0.980. The summed E-state index contributed by atoms with van der Waals surface area (Å²) in [5, 5.41) is 11.2. The molecule has 4 rings (SSSR count). The number of para-hydroxylation sites is 2. The van der Waals surface area contributed by atoms with E-state index < -0.39 is 0 Å². The van der Waals surface area contributed by atoms with Gasteiger partial charge >= 0.3 is 0 Å². The first-order valence-corrected chi connectivity index (χ1v) is 8.29. The number of amides is 1. The highest BCUT2D eigenvalue weighted by Crippen LogP contribution is 2.36. The van der Waals surface area contributed by atoms with Gasteiger partial charge < -0.3 is 10.2 Å². The Bertz CT molecular complexity index is 893. The van der Waals surface area contributed by atoms with Gasteiger partial charge in [-0.15, -0.1) is 10.2 Å². The maximum absolute atomic E-state index is 12.3. The van der Waals surface area contributed by atoms with Crippen molar-refractivity contribution in [2.24, 2.45) is 0 Å². The van der Waals surface area contributed by atoms with Crippen molar-refractivity contribution in [3.63, 3.8) is 0 Å². The molecule has 0 aliphatic carbocycles. The van der Waals surface area contributed by atoms with Crippen LogP contribution in [0.4, 0.5) is 17.2 Å². The van der Waals surface area contributed by atoms with Crippen molar-refractivity contribution in [3.05, 3.63) is 78.0 Å². The Kier molecular flexibility index (Phi) is 3.90. The van der Waals surface area contributed by atoms with Gasteiger partial charge in [0.25, 0.3) is 5.91 Å². The largest absolute Gasteiger partial charge is 0.321 e. The lowest BCUT2D eigenvalue weighted by molar-refractivity contribution is 0.102. The van der Waals surface area contributed by atoms with E-state index in [1.54, 1.807) is 6.07 Å². The van der Waals surface area contributed by atoms with E-state index in [2.05, 4.69) is 45.5 Å². The highest BCUT2D eigenvalue weighted by atomic mass is 16.1. The number of anilines is 3. The van der Waals surface area contributed by atoms with Crippen molar-refractivity contribution in [3.8, 4) is 0 Å². The molecule has 1 atom stereocenters. The van der Waals surface area contributed by atoms with E-state index in [0.29, 0.717) is 11.7 Å². The molecule has 2 heterocycles. The van der Waals surface area contributed by atoms with Crippen molar-refractivity contribution in [2.45, 2.75) is 19.4 Å². The maximum Gasteiger partial charge on any atom is 0.276 e. The van der Waals surface area contributed by atoms with Crippen molar-refractivity contribution < 1.29 is 4.79 Å². The van der Waals surface area contributed by atoms with E-state index in [1.807, 2.05) is 42.5 Å². The average Bonchev–Trinajstić information content (AvgIpc) is 2.98. The number of carbonyl (C=O) groups is 1. The standard InChI is InChI=1S/C20H18N4O/c1-14-13-15-7-5-6-10-18(15)24(14)19-12-11-17(22-23-19)20(25)21-16-8-3-2-4-9-16/h2-12,14H,13H2,1H3,(H,21,25). The van der Waals surface area contributed by atoms with E-state index in [-0.39, 0.29) is 5.91 Å². The topological polar surface area (TPSA) is 58.1 Å². The summed E-state index contributed by atoms with van der Waals surface area (Å²) in [4.78, 5) is 14.5. The average molecular weight is 330 g/mol. The van der Waals surface area contributed by atoms with E-state index in [1.165, 1.54) is 5.56 Å². The molecule has 3 aromatic rings. The molecular weight excluding hydrogens is 312 g/mol. The second-order valence-corrected chi connectivity index (χ2v) is 6.15. The first-order valence-electron chi connectivity index (χ1n) is 8.29. The van der Waals surface area contributed by atoms with Gasteiger partial charge in [-0.25, -0.2) is 0 Å². The summed E-state index contributed by atoms with van der Waals surface area (Å²) in [5.41, 5.74) is 3.50. The third-order valence-corrected chi connectivity index (χ3v) is 4.37. The first kappa shape index (κ1) is 15.3. The summed E-state index contributed by atoms with van der Waals surface area (Å²) in [6, 6.07) is 21.5. The molecule has 0 fully saturated rings. The normalized spacial score (nSPS) is 15.7. The minimum absolute atomic E-state index is 0.264. The fourth-order valence-electron chi connectivity index (χ4n) is 3.21. The van der Waals surface area contributed by atoms with Crippen LogP contribution in [0.25, 0.3) is 0 Å². The fourth-order valence-corrected chi connectivity index (χ4v) is 3.21. The fraction of sp³-hybridized carbons (Fsp3) is 0.150. The Morgan fingerprint density at radius 2 is 1.76 bits per heavy atom. The number of hydrogen-bond acceptors (Lipinski definition) is 4. The molecule has 25 heavy (non-hydrogen) atoms. The van der Waals surface area contributed by atoms with E-state index in [9.17, 15) is 4.79 Å². The Balaban J connectivity index is 1.55. The molecule has 124 valence electrons. The number of carbonyl (C=O) groups excluding carboxylic acids is 1. The molecule has 0 spiro atoms. The molecule has 0 saturated heterocycles. The van der Waals surface area contributed by atoms with Crippen LogP contribution in [0.2, 0.25) is 0 Å². The third kappa shape index (κ3) is 2.96. The van der Waals surface area contributed by atoms with Gasteiger partial charge in [0.15, 0.2) is 11.5 Å². The number of nitrogens with one attached hydrogen (secondary N) is 1. The third-order valence-electron chi connectivity index (χ3n) is 4.37. The second kappa shape index (κ2) is 6.36. The van der Waals surface area contributed by atoms with Gasteiger partial charge in [-0.2, -0.15) is 0 Å². The molecule has 0 saturated carbocycles. The smallest absolute Gasteiger partial charge is 0.276 e. The summed E-state index contributed by atoms with van der Waals surface area (Å²) in [6.45, 7) is 2.16. The summed E-state index contributed by atoms with van der Waals surface area (Å²) in [7, 11) is 0. The number of hydrogen-bond donors (Lipinski definition) is 1. The van der Waals surface area contributed by atoms with Crippen molar-refractivity contribution in [1.29, 1.82) is 0 Å². The lowest BCUT2D eigenvalue weighted by Crippen LogP contribution is -2.25. The predicted molar refractivity (Wildman–Crippen MR) is 98.2 cm³/mol. The molecular formula is C20H18N4O. The quantitative estimate of drug-likeness (QED) is 0.793. The molecule has 1 aliphatic heterocycles. The van der Waals surface area contributed by atoms with E-state index in [4.69, 9.17) is 0 Å². The lowest BCUT2D eigenvalue weighted by atomic mass is 10.1. The van der Waals surface area contributed by atoms with Crippen molar-refractivity contribution >= 4 is 23.1 Å². The first-order chi connectivity index (χ1) is 12.2. The van der Waals surface area contributed by atoms with Crippen molar-refractivity contribution in [2.75, 3.05) is 10.2 Å². The number of benzene rings is 2. The molecule has 5 nitrogen and oxygen atoms in total. The van der Waals surface area contributed by atoms with Crippen LogP contribution in [0.15, 0.2) is 66.7 Å². The minimum atomic E-state index is -0.264. The van der Waals surface area contributed by atoms with E-state index >= 15 is 0 Å². The SMILES string of the molecule is CC1Cc2ccccc2N1c1ccc(C(=O)Nc2ccccc2)nn1. The maximum atomic E-state index is 12.3. The number of aromatic nitrogens is 2. The molecule has 1 aliphatic rings. The molecule has 0 bridgehead atoms. The molecule has 2 aromatic carbocycles. The monoisotopic (exact) mass is 330 g/mol. The van der Waals surface area contributed by atoms with Crippen LogP contribution in [0.3, 0.4) is 0 Å². The van der Waals surface area contributed by atoms with Gasteiger partial charge in [0.2, 0.25) is 0 Å². The van der Waals surface area contributed by atoms with Gasteiger partial charge in [0, 0.05) is 17.4 Å². The molecule has 1 N–H and O–H groups in total. The van der Waals surface area contributed by atoms with Crippen LogP contribution in [0, 0.1) is 0 Å². The highest BCUT2D eigenvalue weighted by Gasteiger charge is 2.28. The predicted octanol–water partition coefficient (Wildman–Crippen LogP) is 3.81. The number of rotatable bonds is 3. The summed E-state index contributed by atoms with van der Waals surface area (Å²) >= 11 is 0.